The molecule has 1 aliphatic heterocycles. The number of nitrogens with one attached hydrogen (secondary N) is 1. The standard InChI is InChI=1S/C22H28FN5/c1-4-15(2)11-17-13-26-22-20(21(17)28-9-7-24-8-10-28)18(14-27(22)3)16-5-6-25-19(23)12-16/h5-6,12-15,24H,4,7-11H2,1-3H3. The van der Waals surface area contributed by atoms with Gasteiger partial charge in [0, 0.05) is 63.4 Å². The van der Waals surface area contributed by atoms with E-state index in [1.807, 2.05) is 23.9 Å². The minimum atomic E-state index is -0.457. The highest BCUT2D eigenvalue weighted by atomic mass is 19.1. The molecule has 0 spiro atoms. The Balaban J connectivity index is 1.96. The van der Waals surface area contributed by atoms with Crippen LogP contribution in [-0.4, -0.2) is 40.7 Å². The third kappa shape index (κ3) is 3.49. The topological polar surface area (TPSA) is 46.0 Å². The summed E-state index contributed by atoms with van der Waals surface area (Å²) in [5.74, 6) is 0.133. The molecule has 1 fully saturated rings. The molecular weight excluding hydrogens is 353 g/mol. The van der Waals surface area contributed by atoms with Gasteiger partial charge in [-0.15, -0.1) is 0 Å². The molecule has 3 aromatic heterocycles. The fourth-order valence-corrected chi connectivity index (χ4v) is 4.07. The van der Waals surface area contributed by atoms with Gasteiger partial charge in [-0.2, -0.15) is 4.39 Å². The average Bonchev–Trinajstić information content (AvgIpc) is 3.05. The zero-order valence-electron chi connectivity index (χ0n) is 16.9. The number of anilines is 1. The highest BCUT2D eigenvalue weighted by Gasteiger charge is 2.23. The molecule has 1 saturated heterocycles. The minimum absolute atomic E-state index is 0.457. The van der Waals surface area contributed by atoms with E-state index in [0.717, 1.165) is 61.2 Å². The monoisotopic (exact) mass is 381 g/mol. The van der Waals surface area contributed by atoms with Crippen LogP contribution in [0.3, 0.4) is 0 Å². The summed E-state index contributed by atoms with van der Waals surface area (Å²) in [7, 11) is 2.01. The van der Waals surface area contributed by atoms with Gasteiger partial charge in [0.25, 0.3) is 0 Å². The van der Waals surface area contributed by atoms with Crippen LogP contribution in [0.2, 0.25) is 0 Å². The Morgan fingerprint density at radius 2 is 2.04 bits per heavy atom. The Bertz CT molecular complexity index is 974. The lowest BCUT2D eigenvalue weighted by Gasteiger charge is -2.32. The predicted molar refractivity (Wildman–Crippen MR) is 112 cm³/mol. The molecule has 4 rings (SSSR count). The first-order valence-electron chi connectivity index (χ1n) is 10.1. The molecular formula is C22H28FN5. The molecule has 3 aromatic rings. The molecule has 28 heavy (non-hydrogen) atoms. The van der Waals surface area contributed by atoms with Crippen molar-refractivity contribution in [1.29, 1.82) is 0 Å². The Kier molecular flexibility index (Phi) is 5.31. The van der Waals surface area contributed by atoms with Crippen LogP contribution < -0.4 is 10.2 Å². The molecule has 0 aliphatic carbocycles. The van der Waals surface area contributed by atoms with Crippen LogP contribution in [0.25, 0.3) is 22.2 Å². The second-order valence-corrected chi connectivity index (χ2v) is 7.81. The van der Waals surface area contributed by atoms with Crippen molar-refractivity contribution >= 4 is 16.7 Å². The van der Waals surface area contributed by atoms with Gasteiger partial charge in [0.05, 0.1) is 11.1 Å². The van der Waals surface area contributed by atoms with E-state index in [1.54, 1.807) is 0 Å². The summed E-state index contributed by atoms with van der Waals surface area (Å²) in [5, 5.41) is 4.56. The molecule has 148 valence electrons. The van der Waals surface area contributed by atoms with Crippen molar-refractivity contribution < 1.29 is 4.39 Å². The largest absolute Gasteiger partial charge is 0.368 e. The number of pyridine rings is 2. The summed E-state index contributed by atoms with van der Waals surface area (Å²) < 4.78 is 15.9. The van der Waals surface area contributed by atoms with Crippen molar-refractivity contribution in [3.05, 3.63) is 42.2 Å². The van der Waals surface area contributed by atoms with Gasteiger partial charge in [0.1, 0.15) is 5.65 Å². The summed E-state index contributed by atoms with van der Waals surface area (Å²) in [6.07, 6.45) is 7.77. The summed E-state index contributed by atoms with van der Waals surface area (Å²) >= 11 is 0. The maximum Gasteiger partial charge on any atom is 0.213 e. The number of aryl methyl sites for hydroxylation is 1. The zero-order chi connectivity index (χ0) is 19.7. The van der Waals surface area contributed by atoms with E-state index >= 15 is 0 Å². The van der Waals surface area contributed by atoms with Gasteiger partial charge >= 0.3 is 0 Å². The highest BCUT2D eigenvalue weighted by Crippen LogP contribution is 2.39. The molecule has 1 atom stereocenters. The maximum absolute atomic E-state index is 13.9. The Morgan fingerprint density at radius 1 is 1.25 bits per heavy atom. The molecule has 1 unspecified atom stereocenters. The average molecular weight is 381 g/mol. The van der Waals surface area contributed by atoms with Crippen LogP contribution in [0.5, 0.6) is 0 Å². The minimum Gasteiger partial charge on any atom is -0.368 e. The summed E-state index contributed by atoms with van der Waals surface area (Å²) in [4.78, 5) is 11.0. The SMILES string of the molecule is CCC(C)Cc1cnc2c(c(-c3ccnc(F)c3)cn2C)c1N1CCNCC1. The number of fused-ring (bicyclic) bond motifs is 1. The molecule has 0 amide bonds. The van der Waals surface area contributed by atoms with Gasteiger partial charge in [-0.1, -0.05) is 20.3 Å². The van der Waals surface area contributed by atoms with E-state index in [1.165, 1.54) is 23.5 Å². The van der Waals surface area contributed by atoms with Crippen molar-refractivity contribution in [2.45, 2.75) is 26.7 Å². The smallest absolute Gasteiger partial charge is 0.213 e. The lowest BCUT2D eigenvalue weighted by Crippen LogP contribution is -2.44. The molecule has 0 radical (unpaired) electrons. The maximum atomic E-state index is 13.9. The van der Waals surface area contributed by atoms with Gasteiger partial charge < -0.3 is 14.8 Å². The molecule has 0 bridgehead atoms. The highest BCUT2D eigenvalue weighted by molar-refractivity contribution is 6.04. The third-order valence-corrected chi connectivity index (χ3v) is 5.77. The van der Waals surface area contributed by atoms with Gasteiger partial charge in [0.15, 0.2) is 0 Å². The van der Waals surface area contributed by atoms with Gasteiger partial charge in [-0.05, 0) is 29.5 Å². The second-order valence-electron chi connectivity index (χ2n) is 7.81. The Hall–Kier alpha value is -2.47. The quantitative estimate of drug-likeness (QED) is 0.684. The number of aromatic nitrogens is 3. The van der Waals surface area contributed by atoms with Crippen molar-refractivity contribution in [1.82, 2.24) is 19.9 Å². The van der Waals surface area contributed by atoms with Crippen molar-refractivity contribution in [2.24, 2.45) is 13.0 Å². The lowest BCUT2D eigenvalue weighted by molar-refractivity contribution is 0.553. The first-order valence-corrected chi connectivity index (χ1v) is 10.1. The second kappa shape index (κ2) is 7.87. The van der Waals surface area contributed by atoms with Gasteiger partial charge in [-0.3, -0.25) is 0 Å². The van der Waals surface area contributed by atoms with E-state index in [0.29, 0.717) is 5.92 Å². The number of hydrogen-bond acceptors (Lipinski definition) is 4. The number of halogens is 1. The summed E-state index contributed by atoms with van der Waals surface area (Å²) in [6.45, 7) is 8.39. The normalized spacial score (nSPS) is 15.9. The van der Waals surface area contributed by atoms with Crippen LogP contribution >= 0.6 is 0 Å². The number of hydrogen-bond donors (Lipinski definition) is 1. The first-order chi connectivity index (χ1) is 13.6. The molecule has 4 heterocycles. The van der Waals surface area contributed by atoms with Gasteiger partial charge in [0.2, 0.25) is 5.95 Å². The van der Waals surface area contributed by atoms with Crippen molar-refractivity contribution in [3.63, 3.8) is 0 Å². The van der Waals surface area contributed by atoms with E-state index in [-0.39, 0.29) is 0 Å². The molecule has 1 N–H and O–H groups in total. The van der Waals surface area contributed by atoms with E-state index in [4.69, 9.17) is 4.98 Å². The van der Waals surface area contributed by atoms with Crippen LogP contribution in [0, 0.1) is 11.9 Å². The number of nitrogens with zero attached hydrogens (tertiary/aromatic N) is 4. The fourth-order valence-electron chi connectivity index (χ4n) is 4.07. The van der Waals surface area contributed by atoms with Crippen molar-refractivity contribution in [3.8, 4) is 11.1 Å². The molecule has 0 aromatic carbocycles. The van der Waals surface area contributed by atoms with Crippen molar-refractivity contribution in [2.75, 3.05) is 31.1 Å². The van der Waals surface area contributed by atoms with E-state index in [9.17, 15) is 4.39 Å². The third-order valence-electron chi connectivity index (χ3n) is 5.77. The van der Waals surface area contributed by atoms with Gasteiger partial charge in [-0.25, -0.2) is 9.97 Å². The first kappa shape index (κ1) is 18.9. The Labute approximate surface area is 165 Å². The van der Waals surface area contributed by atoms with Crippen LogP contribution in [0.15, 0.2) is 30.7 Å². The van der Waals surface area contributed by atoms with Crippen LogP contribution in [-0.2, 0) is 13.5 Å². The molecule has 1 aliphatic rings. The lowest BCUT2D eigenvalue weighted by atomic mass is 9.95. The molecule has 5 nitrogen and oxygen atoms in total. The van der Waals surface area contributed by atoms with E-state index in [2.05, 4.69) is 35.2 Å². The van der Waals surface area contributed by atoms with Crippen LogP contribution in [0.1, 0.15) is 25.8 Å². The fraction of sp³-hybridized carbons (Fsp3) is 0.455. The predicted octanol–water partition coefficient (Wildman–Crippen LogP) is 3.77. The number of piperazine rings is 1. The van der Waals surface area contributed by atoms with E-state index < -0.39 is 5.95 Å². The Morgan fingerprint density at radius 3 is 2.75 bits per heavy atom. The number of rotatable bonds is 5. The summed E-state index contributed by atoms with van der Waals surface area (Å²) in [6, 6.07) is 3.39. The molecule has 0 saturated carbocycles. The molecule has 6 heteroatoms. The van der Waals surface area contributed by atoms with Crippen LogP contribution in [0.4, 0.5) is 10.1 Å². The zero-order valence-corrected chi connectivity index (χ0v) is 16.9. The summed E-state index contributed by atoms with van der Waals surface area (Å²) in [5.41, 5.74) is 5.35.